The van der Waals surface area contributed by atoms with Gasteiger partial charge >= 0.3 is 0 Å². The number of rotatable bonds is 7. The molecule has 0 atom stereocenters. The third-order valence-corrected chi connectivity index (χ3v) is 2.82. The Morgan fingerprint density at radius 2 is 2.19 bits per heavy atom. The van der Waals surface area contributed by atoms with Crippen molar-refractivity contribution in [2.24, 2.45) is 0 Å². The Labute approximate surface area is 126 Å². The second kappa shape index (κ2) is 9.98. The van der Waals surface area contributed by atoms with Crippen molar-refractivity contribution in [1.29, 1.82) is 0 Å². The number of hydrogen-bond donors (Lipinski definition) is 2. The Morgan fingerprint density at radius 3 is 2.90 bits per heavy atom. The van der Waals surface area contributed by atoms with Crippen LogP contribution >= 0.6 is 0 Å². The molecule has 114 valence electrons. The lowest BCUT2D eigenvalue weighted by Gasteiger charge is -2.08. The van der Waals surface area contributed by atoms with E-state index in [9.17, 15) is 4.79 Å². The Hall–Kier alpha value is -1.83. The second-order valence-electron chi connectivity index (χ2n) is 4.73. The summed E-state index contributed by atoms with van der Waals surface area (Å²) in [6, 6.07) is 5.51. The summed E-state index contributed by atoms with van der Waals surface area (Å²) in [6.07, 6.45) is 1.79. The molecule has 0 unspecified atom stereocenters. The van der Waals surface area contributed by atoms with Crippen molar-refractivity contribution in [1.82, 2.24) is 5.32 Å². The number of carbonyl (C=O) groups is 1. The SMILES string of the molecule is CCCOCCCNC(=O)c1cc(C)ccc1C#CCO. The van der Waals surface area contributed by atoms with Crippen LogP contribution in [0.4, 0.5) is 0 Å². The van der Waals surface area contributed by atoms with E-state index in [-0.39, 0.29) is 12.5 Å². The second-order valence-corrected chi connectivity index (χ2v) is 4.73. The van der Waals surface area contributed by atoms with Crippen molar-refractivity contribution < 1.29 is 14.6 Å². The molecule has 0 aliphatic carbocycles. The maximum absolute atomic E-state index is 12.2. The molecule has 4 heteroatoms. The summed E-state index contributed by atoms with van der Waals surface area (Å²) >= 11 is 0. The molecule has 0 aliphatic heterocycles. The zero-order valence-corrected chi connectivity index (χ0v) is 12.7. The summed E-state index contributed by atoms with van der Waals surface area (Å²) in [5.41, 5.74) is 2.18. The lowest BCUT2D eigenvalue weighted by molar-refractivity contribution is 0.0941. The van der Waals surface area contributed by atoms with Gasteiger partial charge in [-0.05, 0) is 31.9 Å². The van der Waals surface area contributed by atoms with E-state index in [1.165, 1.54) is 0 Å². The van der Waals surface area contributed by atoms with Crippen LogP contribution < -0.4 is 5.32 Å². The van der Waals surface area contributed by atoms with E-state index in [0.717, 1.165) is 25.0 Å². The smallest absolute Gasteiger partial charge is 0.252 e. The van der Waals surface area contributed by atoms with Gasteiger partial charge in [0.2, 0.25) is 0 Å². The van der Waals surface area contributed by atoms with E-state index in [0.29, 0.717) is 24.3 Å². The molecule has 0 saturated carbocycles. The Kier molecular flexibility index (Phi) is 8.18. The number of aliphatic hydroxyl groups is 1. The zero-order chi connectivity index (χ0) is 15.5. The van der Waals surface area contributed by atoms with Crippen LogP contribution in [0.5, 0.6) is 0 Å². The fraction of sp³-hybridized carbons (Fsp3) is 0.471. The van der Waals surface area contributed by atoms with Gasteiger partial charge in [0.1, 0.15) is 6.61 Å². The summed E-state index contributed by atoms with van der Waals surface area (Å²) in [6.45, 7) is 5.76. The molecule has 1 rings (SSSR count). The molecule has 0 heterocycles. The minimum Gasteiger partial charge on any atom is -0.384 e. The van der Waals surface area contributed by atoms with Crippen LogP contribution in [0.3, 0.4) is 0 Å². The van der Waals surface area contributed by atoms with E-state index >= 15 is 0 Å². The first kappa shape index (κ1) is 17.2. The molecular weight excluding hydrogens is 266 g/mol. The molecule has 1 aromatic carbocycles. The van der Waals surface area contributed by atoms with Crippen LogP contribution in [0.15, 0.2) is 18.2 Å². The van der Waals surface area contributed by atoms with Gasteiger partial charge in [-0.3, -0.25) is 4.79 Å². The van der Waals surface area contributed by atoms with Crippen molar-refractivity contribution in [3.8, 4) is 11.8 Å². The normalized spacial score (nSPS) is 9.86. The number of aliphatic hydroxyl groups excluding tert-OH is 1. The summed E-state index contributed by atoms with van der Waals surface area (Å²) < 4.78 is 5.36. The highest BCUT2D eigenvalue weighted by Gasteiger charge is 2.09. The van der Waals surface area contributed by atoms with Gasteiger partial charge in [0.25, 0.3) is 5.91 Å². The molecule has 0 radical (unpaired) electrons. The number of ether oxygens (including phenoxy) is 1. The fourth-order valence-corrected chi connectivity index (χ4v) is 1.81. The van der Waals surface area contributed by atoms with Crippen molar-refractivity contribution in [2.45, 2.75) is 26.7 Å². The molecule has 0 saturated heterocycles. The number of carbonyl (C=O) groups excluding carboxylic acids is 1. The van der Waals surface area contributed by atoms with Gasteiger partial charge in [-0.25, -0.2) is 0 Å². The van der Waals surface area contributed by atoms with E-state index in [4.69, 9.17) is 9.84 Å². The van der Waals surface area contributed by atoms with Crippen molar-refractivity contribution >= 4 is 5.91 Å². The summed E-state index contributed by atoms with van der Waals surface area (Å²) in [5.74, 6) is 5.24. The number of aryl methyl sites for hydroxylation is 1. The third-order valence-electron chi connectivity index (χ3n) is 2.82. The quantitative estimate of drug-likeness (QED) is 0.595. The molecular formula is C17H23NO3. The van der Waals surface area contributed by atoms with Gasteiger partial charge in [0.15, 0.2) is 0 Å². The summed E-state index contributed by atoms with van der Waals surface area (Å²) in [7, 11) is 0. The van der Waals surface area contributed by atoms with Crippen LogP contribution in [0.25, 0.3) is 0 Å². The lowest BCUT2D eigenvalue weighted by Crippen LogP contribution is -2.26. The van der Waals surface area contributed by atoms with Gasteiger partial charge in [-0.2, -0.15) is 0 Å². The molecule has 0 fully saturated rings. The van der Waals surface area contributed by atoms with Crippen LogP contribution in [-0.2, 0) is 4.74 Å². The number of amides is 1. The molecule has 21 heavy (non-hydrogen) atoms. The minimum atomic E-state index is -0.219. The van der Waals surface area contributed by atoms with E-state index in [1.807, 2.05) is 19.1 Å². The van der Waals surface area contributed by atoms with E-state index in [1.54, 1.807) is 6.07 Å². The molecule has 0 bridgehead atoms. The first-order chi connectivity index (χ1) is 10.2. The van der Waals surface area contributed by atoms with Crippen LogP contribution in [0, 0.1) is 18.8 Å². The molecule has 4 nitrogen and oxygen atoms in total. The molecule has 1 aromatic rings. The minimum absolute atomic E-state index is 0.142. The molecule has 2 N–H and O–H groups in total. The monoisotopic (exact) mass is 289 g/mol. The largest absolute Gasteiger partial charge is 0.384 e. The average molecular weight is 289 g/mol. The maximum Gasteiger partial charge on any atom is 0.252 e. The Balaban J connectivity index is 2.58. The van der Waals surface area contributed by atoms with Crippen molar-refractivity contribution in [3.05, 3.63) is 34.9 Å². The highest BCUT2D eigenvalue weighted by Crippen LogP contribution is 2.10. The predicted molar refractivity (Wildman–Crippen MR) is 83.2 cm³/mol. The topological polar surface area (TPSA) is 58.6 Å². The van der Waals surface area contributed by atoms with E-state index < -0.39 is 0 Å². The van der Waals surface area contributed by atoms with E-state index in [2.05, 4.69) is 24.1 Å². The zero-order valence-electron chi connectivity index (χ0n) is 12.7. The van der Waals surface area contributed by atoms with Gasteiger partial charge < -0.3 is 15.2 Å². The van der Waals surface area contributed by atoms with Gasteiger partial charge in [0.05, 0.1) is 5.56 Å². The summed E-state index contributed by atoms with van der Waals surface area (Å²) in [4.78, 5) is 12.2. The Bertz CT molecular complexity index is 515. The molecule has 0 aliphatic rings. The average Bonchev–Trinajstić information content (AvgIpc) is 2.49. The lowest BCUT2D eigenvalue weighted by atomic mass is 10.0. The van der Waals surface area contributed by atoms with Crippen LogP contribution in [0.1, 0.15) is 41.3 Å². The first-order valence-electron chi connectivity index (χ1n) is 7.25. The van der Waals surface area contributed by atoms with Gasteiger partial charge in [-0.15, -0.1) is 0 Å². The van der Waals surface area contributed by atoms with Crippen molar-refractivity contribution in [3.63, 3.8) is 0 Å². The fourth-order valence-electron chi connectivity index (χ4n) is 1.81. The third kappa shape index (κ3) is 6.44. The first-order valence-corrected chi connectivity index (χ1v) is 7.25. The highest BCUT2D eigenvalue weighted by atomic mass is 16.5. The molecule has 0 aromatic heterocycles. The molecule has 1 amide bonds. The van der Waals surface area contributed by atoms with Crippen molar-refractivity contribution in [2.75, 3.05) is 26.4 Å². The summed E-state index contributed by atoms with van der Waals surface area (Å²) in [5, 5.41) is 11.6. The maximum atomic E-state index is 12.2. The number of benzene rings is 1. The molecule has 0 spiro atoms. The van der Waals surface area contributed by atoms with Crippen LogP contribution in [-0.4, -0.2) is 37.4 Å². The van der Waals surface area contributed by atoms with Crippen LogP contribution in [0.2, 0.25) is 0 Å². The highest BCUT2D eigenvalue weighted by molar-refractivity contribution is 5.96. The van der Waals surface area contributed by atoms with Gasteiger partial charge in [-0.1, -0.05) is 30.4 Å². The predicted octanol–water partition coefficient (Wildman–Crippen LogP) is 1.89. The Morgan fingerprint density at radius 1 is 1.38 bits per heavy atom. The number of nitrogens with one attached hydrogen (secondary N) is 1. The number of hydrogen-bond acceptors (Lipinski definition) is 3. The standard InChI is InChI=1S/C17H23NO3/c1-3-11-21-12-5-9-18-17(20)16-13-14(2)7-8-15(16)6-4-10-19/h7-8,13,19H,3,5,9-12H2,1-2H3,(H,18,20). The van der Waals surface area contributed by atoms with Gasteiger partial charge in [0, 0.05) is 25.3 Å².